The number of hydrogen-bond acceptors (Lipinski definition) is 4. The van der Waals surface area contributed by atoms with Crippen molar-refractivity contribution in [2.45, 2.75) is 6.61 Å². The fourth-order valence-electron chi connectivity index (χ4n) is 1.16. The van der Waals surface area contributed by atoms with E-state index >= 15 is 0 Å². The second-order valence-corrected chi connectivity index (χ2v) is 3.19. The van der Waals surface area contributed by atoms with Crippen LogP contribution in [0.1, 0.15) is 16.4 Å². The van der Waals surface area contributed by atoms with E-state index in [1.54, 1.807) is 0 Å². The van der Waals surface area contributed by atoms with E-state index in [0.29, 0.717) is 11.4 Å². The topological polar surface area (TPSA) is 72.6 Å². The zero-order valence-electron chi connectivity index (χ0n) is 8.59. The molecule has 0 bridgehead atoms. The third kappa shape index (κ3) is 2.81. The highest BCUT2D eigenvalue weighted by atomic mass is 19.1. The molecule has 0 spiro atoms. The fraction of sp³-hybridized carbons (Fsp3) is 0.0909. The van der Waals surface area contributed by atoms with Gasteiger partial charge in [0.2, 0.25) is 0 Å². The minimum atomic E-state index is -1.24. The number of benzene rings is 1. The summed E-state index contributed by atoms with van der Waals surface area (Å²) < 4.78 is 22.5. The number of halogens is 1. The third-order valence-electron chi connectivity index (χ3n) is 1.94. The summed E-state index contributed by atoms with van der Waals surface area (Å²) in [5, 5.41) is 8.58. The van der Waals surface area contributed by atoms with Crippen molar-refractivity contribution >= 4 is 5.97 Å². The number of carbonyl (C=O) groups is 1. The van der Waals surface area contributed by atoms with Gasteiger partial charge in [-0.15, -0.1) is 0 Å². The van der Waals surface area contributed by atoms with E-state index in [1.165, 1.54) is 30.5 Å². The molecular formula is C11H8FNO4. The van der Waals surface area contributed by atoms with Gasteiger partial charge < -0.3 is 14.3 Å². The molecule has 1 aromatic carbocycles. The van der Waals surface area contributed by atoms with Crippen LogP contribution in [0.25, 0.3) is 0 Å². The van der Waals surface area contributed by atoms with Gasteiger partial charge in [0.05, 0.1) is 0 Å². The van der Waals surface area contributed by atoms with Crippen LogP contribution in [-0.4, -0.2) is 16.1 Å². The largest absolute Gasteiger partial charge is 0.487 e. The summed E-state index contributed by atoms with van der Waals surface area (Å²) in [5.41, 5.74) is 0.353. The lowest BCUT2D eigenvalue weighted by atomic mass is 10.3. The molecular weight excluding hydrogens is 229 g/mol. The van der Waals surface area contributed by atoms with Gasteiger partial charge in [0.25, 0.3) is 0 Å². The lowest BCUT2D eigenvalue weighted by Gasteiger charge is -2.02. The summed E-state index contributed by atoms with van der Waals surface area (Å²) in [5.74, 6) is -1.51. The highest BCUT2D eigenvalue weighted by molar-refractivity contribution is 5.82. The maximum atomic E-state index is 12.6. The van der Waals surface area contributed by atoms with Crippen LogP contribution in [0.3, 0.4) is 0 Å². The van der Waals surface area contributed by atoms with Gasteiger partial charge in [-0.2, -0.15) is 0 Å². The van der Waals surface area contributed by atoms with Crippen molar-refractivity contribution < 1.29 is 23.4 Å². The number of aromatic nitrogens is 1. The van der Waals surface area contributed by atoms with Crippen LogP contribution >= 0.6 is 0 Å². The van der Waals surface area contributed by atoms with Crippen LogP contribution in [0.5, 0.6) is 5.75 Å². The summed E-state index contributed by atoms with van der Waals surface area (Å²) in [6, 6.07) is 5.46. The van der Waals surface area contributed by atoms with Gasteiger partial charge in [-0.25, -0.2) is 14.2 Å². The van der Waals surface area contributed by atoms with E-state index in [1.807, 2.05) is 0 Å². The molecule has 0 saturated carbocycles. The normalized spacial score (nSPS) is 10.2. The Balaban J connectivity index is 1.97. The van der Waals surface area contributed by atoms with Gasteiger partial charge in [0.1, 0.15) is 30.1 Å². The molecule has 0 radical (unpaired) electrons. The Hall–Kier alpha value is -2.37. The van der Waals surface area contributed by atoms with Gasteiger partial charge in [-0.1, -0.05) is 0 Å². The van der Waals surface area contributed by atoms with Gasteiger partial charge in [0.15, 0.2) is 0 Å². The van der Waals surface area contributed by atoms with Crippen molar-refractivity contribution in [1.29, 1.82) is 0 Å². The molecule has 88 valence electrons. The predicted octanol–water partition coefficient (Wildman–Crippen LogP) is 2.09. The van der Waals surface area contributed by atoms with E-state index in [4.69, 9.17) is 9.84 Å². The van der Waals surface area contributed by atoms with E-state index < -0.39 is 5.97 Å². The lowest BCUT2D eigenvalue weighted by Crippen LogP contribution is -1.99. The Morgan fingerprint density at radius 2 is 2.12 bits per heavy atom. The molecule has 0 atom stereocenters. The fourth-order valence-corrected chi connectivity index (χ4v) is 1.16. The molecule has 17 heavy (non-hydrogen) atoms. The molecule has 2 rings (SSSR count). The molecule has 0 saturated heterocycles. The Bertz CT molecular complexity index is 521. The molecule has 0 aliphatic carbocycles. The van der Waals surface area contributed by atoms with Gasteiger partial charge >= 0.3 is 11.9 Å². The second kappa shape index (κ2) is 4.65. The number of nitrogens with zero attached hydrogens (tertiary/aromatic N) is 1. The first-order valence-electron chi connectivity index (χ1n) is 4.71. The first kappa shape index (κ1) is 11.1. The van der Waals surface area contributed by atoms with Gasteiger partial charge in [-0.05, 0) is 24.3 Å². The SMILES string of the molecule is O=C(O)c1nc(COc2ccc(F)cc2)co1. The Kier molecular flexibility index (Phi) is 3.04. The van der Waals surface area contributed by atoms with Crippen LogP contribution in [0.15, 0.2) is 34.9 Å². The van der Waals surface area contributed by atoms with Crippen LogP contribution in [0.4, 0.5) is 4.39 Å². The maximum Gasteiger partial charge on any atom is 0.392 e. The number of hydrogen-bond donors (Lipinski definition) is 1. The smallest absolute Gasteiger partial charge is 0.392 e. The molecule has 6 heteroatoms. The first-order chi connectivity index (χ1) is 8.15. The summed E-state index contributed by atoms with van der Waals surface area (Å²) in [6.45, 7) is 0.0579. The number of carboxylic acids is 1. The average molecular weight is 237 g/mol. The molecule has 0 fully saturated rings. The van der Waals surface area contributed by atoms with Gasteiger partial charge in [-0.3, -0.25) is 0 Å². The highest BCUT2D eigenvalue weighted by Gasteiger charge is 2.11. The molecule has 1 N–H and O–H groups in total. The minimum absolute atomic E-state index is 0.0579. The monoisotopic (exact) mass is 237 g/mol. The zero-order valence-corrected chi connectivity index (χ0v) is 8.59. The average Bonchev–Trinajstić information content (AvgIpc) is 2.77. The number of rotatable bonds is 4. The summed E-state index contributed by atoms with van der Waals surface area (Å²) in [7, 11) is 0. The minimum Gasteiger partial charge on any atom is -0.487 e. The van der Waals surface area contributed by atoms with Crippen LogP contribution in [0.2, 0.25) is 0 Å². The Morgan fingerprint density at radius 3 is 2.71 bits per heavy atom. The standard InChI is InChI=1S/C11H8FNO4/c12-7-1-3-9(4-2-7)16-5-8-6-17-10(13-8)11(14)15/h1-4,6H,5H2,(H,14,15). The highest BCUT2D eigenvalue weighted by Crippen LogP contribution is 2.13. The summed E-state index contributed by atoms with van der Waals surface area (Å²) >= 11 is 0. The molecule has 1 heterocycles. The molecule has 5 nitrogen and oxygen atoms in total. The number of oxazole rings is 1. The molecule has 2 aromatic rings. The number of aromatic carboxylic acids is 1. The first-order valence-corrected chi connectivity index (χ1v) is 4.71. The number of carboxylic acid groups (broad SMARTS) is 1. The predicted molar refractivity (Wildman–Crippen MR) is 54.2 cm³/mol. The lowest BCUT2D eigenvalue weighted by molar-refractivity contribution is 0.0653. The quantitative estimate of drug-likeness (QED) is 0.881. The van der Waals surface area contributed by atoms with E-state index in [-0.39, 0.29) is 18.3 Å². The Labute approximate surface area is 95.5 Å². The van der Waals surface area contributed by atoms with Crippen molar-refractivity contribution in [2.24, 2.45) is 0 Å². The molecule has 0 unspecified atom stereocenters. The van der Waals surface area contributed by atoms with Crippen LogP contribution in [0, 0.1) is 5.82 Å². The molecule has 0 aliphatic heterocycles. The van der Waals surface area contributed by atoms with E-state index in [9.17, 15) is 9.18 Å². The van der Waals surface area contributed by atoms with Gasteiger partial charge in [0, 0.05) is 0 Å². The Morgan fingerprint density at radius 1 is 1.41 bits per heavy atom. The van der Waals surface area contributed by atoms with Crippen molar-refractivity contribution in [2.75, 3.05) is 0 Å². The number of ether oxygens (including phenoxy) is 1. The molecule has 1 aromatic heterocycles. The van der Waals surface area contributed by atoms with Crippen molar-refractivity contribution in [3.05, 3.63) is 47.9 Å². The van der Waals surface area contributed by atoms with Crippen molar-refractivity contribution in [1.82, 2.24) is 4.98 Å². The van der Waals surface area contributed by atoms with Crippen LogP contribution < -0.4 is 4.74 Å². The molecule has 0 aliphatic rings. The van der Waals surface area contributed by atoms with E-state index in [0.717, 1.165) is 0 Å². The third-order valence-corrected chi connectivity index (χ3v) is 1.94. The van der Waals surface area contributed by atoms with E-state index in [2.05, 4.69) is 9.40 Å². The maximum absolute atomic E-state index is 12.6. The summed E-state index contributed by atoms with van der Waals surface area (Å²) in [6.07, 6.45) is 1.20. The van der Waals surface area contributed by atoms with Crippen LogP contribution in [-0.2, 0) is 6.61 Å². The van der Waals surface area contributed by atoms with Crippen molar-refractivity contribution in [3.63, 3.8) is 0 Å². The second-order valence-electron chi connectivity index (χ2n) is 3.19. The summed E-state index contributed by atoms with van der Waals surface area (Å²) in [4.78, 5) is 14.2. The zero-order chi connectivity index (χ0) is 12.3. The molecule has 0 amide bonds. The van der Waals surface area contributed by atoms with Crippen molar-refractivity contribution in [3.8, 4) is 5.75 Å².